The Bertz CT molecular complexity index is 267. The van der Waals surface area contributed by atoms with E-state index in [1.807, 2.05) is 18.7 Å². The Morgan fingerprint density at radius 1 is 1.71 bits per heavy atom. The van der Waals surface area contributed by atoms with Gasteiger partial charge in [0.05, 0.1) is 12.0 Å². The van der Waals surface area contributed by atoms with E-state index in [0.29, 0.717) is 19.5 Å². The molecule has 78 valence electrons. The number of carboxylic acid groups (broad SMARTS) is 1. The molecule has 3 nitrogen and oxygen atoms in total. The van der Waals surface area contributed by atoms with Crippen LogP contribution in [0, 0.1) is 23.7 Å². The van der Waals surface area contributed by atoms with Crippen LogP contribution in [0.2, 0.25) is 0 Å². The Morgan fingerprint density at radius 2 is 2.36 bits per heavy atom. The van der Waals surface area contributed by atoms with E-state index in [-0.39, 0.29) is 5.92 Å². The summed E-state index contributed by atoms with van der Waals surface area (Å²) in [7, 11) is 0. The normalized spacial score (nSPS) is 27.9. The van der Waals surface area contributed by atoms with E-state index < -0.39 is 11.4 Å². The number of terminal acetylenes is 1. The first-order chi connectivity index (χ1) is 6.53. The Labute approximate surface area is 85.1 Å². The first kappa shape index (κ1) is 11.1. The lowest BCUT2D eigenvalue weighted by atomic mass is 9.76. The summed E-state index contributed by atoms with van der Waals surface area (Å²) < 4.78 is 0. The molecule has 1 atom stereocenters. The third kappa shape index (κ3) is 1.76. The van der Waals surface area contributed by atoms with E-state index in [9.17, 15) is 9.90 Å². The molecule has 1 rings (SSSR count). The number of nitrogens with zero attached hydrogens (tertiary/aromatic N) is 1. The van der Waals surface area contributed by atoms with Gasteiger partial charge in [-0.1, -0.05) is 19.8 Å². The second-order valence-corrected chi connectivity index (χ2v) is 4.28. The number of likely N-dealkylation sites (tertiary alicyclic amines) is 1. The maximum Gasteiger partial charge on any atom is 0.311 e. The van der Waals surface area contributed by atoms with Gasteiger partial charge in [0.15, 0.2) is 0 Å². The van der Waals surface area contributed by atoms with Crippen molar-refractivity contribution in [3.8, 4) is 12.3 Å². The lowest BCUT2D eigenvalue weighted by Crippen LogP contribution is -2.39. The fourth-order valence-corrected chi connectivity index (χ4v) is 2.07. The Kier molecular flexibility index (Phi) is 3.17. The molecule has 0 aromatic heterocycles. The molecule has 1 N–H and O–H groups in total. The van der Waals surface area contributed by atoms with E-state index in [4.69, 9.17) is 6.42 Å². The van der Waals surface area contributed by atoms with Crippen molar-refractivity contribution in [2.24, 2.45) is 11.3 Å². The first-order valence-electron chi connectivity index (χ1n) is 4.92. The molecule has 0 amide bonds. The van der Waals surface area contributed by atoms with Gasteiger partial charge >= 0.3 is 5.97 Å². The van der Waals surface area contributed by atoms with Gasteiger partial charge in [0.1, 0.15) is 0 Å². The largest absolute Gasteiger partial charge is 0.481 e. The highest BCUT2D eigenvalue weighted by Gasteiger charge is 2.46. The van der Waals surface area contributed by atoms with Crippen LogP contribution in [-0.4, -0.2) is 35.6 Å². The molecule has 0 bridgehead atoms. The molecular weight excluding hydrogens is 178 g/mol. The lowest BCUT2D eigenvalue weighted by molar-refractivity contribution is -0.150. The average Bonchev–Trinajstić information content (AvgIpc) is 2.50. The smallest absolute Gasteiger partial charge is 0.311 e. The molecule has 1 fully saturated rings. The van der Waals surface area contributed by atoms with Gasteiger partial charge in [0.2, 0.25) is 0 Å². The summed E-state index contributed by atoms with van der Waals surface area (Å²) in [6, 6.07) is 0. The van der Waals surface area contributed by atoms with Crippen LogP contribution in [0.1, 0.15) is 20.3 Å². The van der Waals surface area contributed by atoms with E-state index in [0.717, 1.165) is 6.54 Å². The third-order valence-corrected chi connectivity index (χ3v) is 3.23. The van der Waals surface area contributed by atoms with E-state index in [1.54, 1.807) is 0 Å². The Balaban J connectivity index is 2.76. The molecule has 0 saturated carbocycles. The zero-order chi connectivity index (χ0) is 10.8. The van der Waals surface area contributed by atoms with Crippen molar-refractivity contribution in [2.75, 3.05) is 19.6 Å². The van der Waals surface area contributed by atoms with Crippen molar-refractivity contribution >= 4 is 5.97 Å². The minimum Gasteiger partial charge on any atom is -0.481 e. The molecule has 3 heteroatoms. The second kappa shape index (κ2) is 4.02. The van der Waals surface area contributed by atoms with Crippen molar-refractivity contribution in [3.63, 3.8) is 0 Å². The fourth-order valence-electron chi connectivity index (χ4n) is 2.07. The minimum absolute atomic E-state index is 0.155. The highest BCUT2D eigenvalue weighted by Crippen LogP contribution is 2.37. The van der Waals surface area contributed by atoms with Gasteiger partial charge in [-0.2, -0.15) is 0 Å². The van der Waals surface area contributed by atoms with E-state index >= 15 is 0 Å². The molecule has 1 heterocycles. The first-order valence-corrected chi connectivity index (χ1v) is 4.92. The van der Waals surface area contributed by atoms with Crippen LogP contribution in [0.15, 0.2) is 0 Å². The van der Waals surface area contributed by atoms with Gasteiger partial charge in [-0.05, 0) is 12.3 Å². The molecule has 0 spiro atoms. The Hall–Kier alpha value is -1.01. The van der Waals surface area contributed by atoms with Crippen LogP contribution in [0.3, 0.4) is 0 Å². The van der Waals surface area contributed by atoms with Gasteiger partial charge in [0.25, 0.3) is 0 Å². The zero-order valence-corrected chi connectivity index (χ0v) is 8.79. The second-order valence-electron chi connectivity index (χ2n) is 4.28. The predicted octanol–water partition coefficient (Wildman–Crippen LogP) is 1.05. The standard InChI is InChI=1S/C11H17NO2/c1-4-6-12-7-5-11(8-12,9(2)3)10(13)14/h1,9H,5-8H2,2-3H3,(H,13,14). The van der Waals surface area contributed by atoms with Crippen molar-refractivity contribution < 1.29 is 9.90 Å². The van der Waals surface area contributed by atoms with Gasteiger partial charge in [-0.15, -0.1) is 6.42 Å². The number of carboxylic acids is 1. The molecule has 0 aliphatic carbocycles. The molecule has 1 aliphatic rings. The maximum absolute atomic E-state index is 11.2. The molecule has 1 saturated heterocycles. The van der Waals surface area contributed by atoms with Crippen LogP contribution < -0.4 is 0 Å². The average molecular weight is 195 g/mol. The molecule has 0 radical (unpaired) electrons. The summed E-state index contributed by atoms with van der Waals surface area (Å²) in [4.78, 5) is 13.3. The lowest BCUT2D eigenvalue weighted by Gasteiger charge is -2.28. The summed E-state index contributed by atoms with van der Waals surface area (Å²) in [5.74, 6) is 2.03. The van der Waals surface area contributed by atoms with Crippen LogP contribution in [0.25, 0.3) is 0 Å². The van der Waals surface area contributed by atoms with Crippen LogP contribution in [-0.2, 0) is 4.79 Å². The number of carbonyl (C=O) groups is 1. The number of rotatable bonds is 3. The minimum atomic E-state index is -0.688. The topological polar surface area (TPSA) is 40.5 Å². The van der Waals surface area contributed by atoms with Crippen molar-refractivity contribution in [2.45, 2.75) is 20.3 Å². The molecular formula is C11H17NO2. The van der Waals surface area contributed by atoms with E-state index in [2.05, 4.69) is 5.92 Å². The van der Waals surface area contributed by atoms with E-state index in [1.165, 1.54) is 0 Å². The van der Waals surface area contributed by atoms with Gasteiger partial charge in [-0.25, -0.2) is 0 Å². The molecule has 1 aliphatic heterocycles. The highest BCUT2D eigenvalue weighted by molar-refractivity contribution is 5.75. The summed E-state index contributed by atoms with van der Waals surface area (Å²) in [6.07, 6.45) is 5.92. The summed E-state index contributed by atoms with van der Waals surface area (Å²) >= 11 is 0. The molecule has 1 unspecified atom stereocenters. The van der Waals surface area contributed by atoms with Crippen LogP contribution in [0.5, 0.6) is 0 Å². The molecule has 0 aromatic rings. The predicted molar refractivity (Wildman–Crippen MR) is 54.8 cm³/mol. The van der Waals surface area contributed by atoms with Gasteiger partial charge in [-0.3, -0.25) is 9.69 Å². The van der Waals surface area contributed by atoms with Crippen molar-refractivity contribution in [1.82, 2.24) is 4.90 Å². The number of hydrogen-bond donors (Lipinski definition) is 1. The SMILES string of the molecule is C#CCN1CCC(C(=O)O)(C(C)C)C1. The third-order valence-electron chi connectivity index (χ3n) is 3.23. The zero-order valence-electron chi connectivity index (χ0n) is 8.79. The van der Waals surface area contributed by atoms with Crippen molar-refractivity contribution in [3.05, 3.63) is 0 Å². The number of aliphatic carboxylic acids is 1. The summed E-state index contributed by atoms with van der Waals surface area (Å²) in [5, 5.41) is 9.24. The van der Waals surface area contributed by atoms with Crippen molar-refractivity contribution in [1.29, 1.82) is 0 Å². The summed E-state index contributed by atoms with van der Waals surface area (Å²) in [6.45, 7) is 5.88. The van der Waals surface area contributed by atoms with Gasteiger partial charge in [0, 0.05) is 13.1 Å². The number of hydrogen-bond acceptors (Lipinski definition) is 2. The van der Waals surface area contributed by atoms with Gasteiger partial charge < -0.3 is 5.11 Å². The van der Waals surface area contributed by atoms with Crippen LogP contribution >= 0.6 is 0 Å². The molecule has 14 heavy (non-hydrogen) atoms. The summed E-state index contributed by atoms with van der Waals surface area (Å²) in [5.41, 5.74) is -0.586. The monoisotopic (exact) mass is 195 g/mol. The molecule has 0 aromatic carbocycles. The maximum atomic E-state index is 11.2. The Morgan fingerprint density at radius 3 is 2.71 bits per heavy atom. The quantitative estimate of drug-likeness (QED) is 0.684. The fraction of sp³-hybridized carbons (Fsp3) is 0.727. The highest BCUT2D eigenvalue weighted by atomic mass is 16.4. The van der Waals surface area contributed by atoms with Crippen LogP contribution in [0.4, 0.5) is 0 Å².